The summed E-state index contributed by atoms with van der Waals surface area (Å²) in [6, 6.07) is 6.20. The zero-order valence-corrected chi connectivity index (χ0v) is 13.2. The molecule has 1 aliphatic rings. The normalized spacial score (nSPS) is 18.9. The predicted molar refractivity (Wildman–Crippen MR) is 83.9 cm³/mol. The molecule has 0 aromatic heterocycles. The molecular formula is C17H27NO3. The Morgan fingerprint density at radius 3 is 2.76 bits per heavy atom. The van der Waals surface area contributed by atoms with E-state index < -0.39 is 0 Å². The lowest BCUT2D eigenvalue weighted by Gasteiger charge is -2.18. The molecule has 1 atom stereocenters. The average Bonchev–Trinajstić information content (AvgIpc) is 2.94. The van der Waals surface area contributed by atoms with E-state index in [1.165, 1.54) is 5.56 Å². The second-order valence-corrected chi connectivity index (χ2v) is 5.63. The van der Waals surface area contributed by atoms with Crippen molar-refractivity contribution in [3.63, 3.8) is 0 Å². The quantitative estimate of drug-likeness (QED) is 0.800. The van der Waals surface area contributed by atoms with Gasteiger partial charge in [-0.2, -0.15) is 0 Å². The second-order valence-electron chi connectivity index (χ2n) is 5.63. The summed E-state index contributed by atoms with van der Waals surface area (Å²) in [6.07, 6.45) is 2.08. The molecule has 1 aromatic rings. The summed E-state index contributed by atoms with van der Waals surface area (Å²) >= 11 is 0. The highest BCUT2D eigenvalue weighted by atomic mass is 16.5. The Kier molecular flexibility index (Phi) is 6.33. The van der Waals surface area contributed by atoms with Crippen molar-refractivity contribution >= 4 is 0 Å². The topological polar surface area (TPSA) is 41.9 Å². The van der Waals surface area contributed by atoms with Crippen molar-refractivity contribution < 1.29 is 14.6 Å². The number of nitrogens with zero attached hydrogens (tertiary/aromatic N) is 1. The number of rotatable bonds is 8. The fourth-order valence-corrected chi connectivity index (χ4v) is 2.71. The minimum Gasteiger partial charge on any atom is -0.490 e. The van der Waals surface area contributed by atoms with Gasteiger partial charge < -0.3 is 14.6 Å². The lowest BCUT2D eigenvalue weighted by molar-refractivity contribution is 0.220. The highest BCUT2D eigenvalue weighted by Crippen LogP contribution is 2.30. The number of benzene rings is 1. The van der Waals surface area contributed by atoms with Gasteiger partial charge in [0.05, 0.1) is 13.2 Å². The third-order valence-electron chi connectivity index (χ3n) is 3.80. The summed E-state index contributed by atoms with van der Waals surface area (Å²) in [7, 11) is 0. The van der Waals surface area contributed by atoms with Crippen LogP contribution in [-0.2, 0) is 6.54 Å². The van der Waals surface area contributed by atoms with Gasteiger partial charge in [0, 0.05) is 19.7 Å². The van der Waals surface area contributed by atoms with Crippen LogP contribution in [0.1, 0.15) is 32.3 Å². The molecule has 4 nitrogen and oxygen atoms in total. The Labute approximate surface area is 127 Å². The predicted octanol–water partition coefficient (Wildman–Crippen LogP) is 2.69. The Bertz CT molecular complexity index is 436. The number of hydrogen-bond donors (Lipinski definition) is 1. The Morgan fingerprint density at radius 2 is 2.10 bits per heavy atom. The highest BCUT2D eigenvalue weighted by molar-refractivity contribution is 5.43. The van der Waals surface area contributed by atoms with E-state index >= 15 is 0 Å². The molecule has 118 valence electrons. The summed E-state index contributed by atoms with van der Waals surface area (Å²) in [5.74, 6) is 2.10. The van der Waals surface area contributed by atoms with E-state index in [0.717, 1.165) is 44.0 Å². The van der Waals surface area contributed by atoms with Crippen LogP contribution in [0.2, 0.25) is 0 Å². The zero-order chi connectivity index (χ0) is 15.1. The maximum absolute atomic E-state index is 9.22. The molecule has 1 aliphatic heterocycles. The first-order chi connectivity index (χ1) is 10.3. The van der Waals surface area contributed by atoms with Gasteiger partial charge >= 0.3 is 0 Å². The third-order valence-corrected chi connectivity index (χ3v) is 3.80. The average molecular weight is 293 g/mol. The molecule has 1 saturated heterocycles. The van der Waals surface area contributed by atoms with Gasteiger partial charge in [0.25, 0.3) is 0 Å². The van der Waals surface area contributed by atoms with Gasteiger partial charge in [-0.15, -0.1) is 0 Å². The number of likely N-dealkylation sites (tertiary alicyclic amines) is 1. The molecule has 0 saturated carbocycles. The van der Waals surface area contributed by atoms with Crippen LogP contribution in [0, 0.1) is 5.92 Å². The number of aliphatic hydroxyl groups is 1. The van der Waals surface area contributed by atoms with E-state index in [0.29, 0.717) is 25.7 Å². The van der Waals surface area contributed by atoms with Crippen LogP contribution in [0.5, 0.6) is 11.5 Å². The van der Waals surface area contributed by atoms with Crippen molar-refractivity contribution in [1.82, 2.24) is 4.90 Å². The number of aliphatic hydroxyl groups excluding tert-OH is 1. The molecule has 0 amide bonds. The molecule has 21 heavy (non-hydrogen) atoms. The van der Waals surface area contributed by atoms with Crippen LogP contribution in [0.25, 0.3) is 0 Å². The summed E-state index contributed by atoms with van der Waals surface area (Å²) < 4.78 is 11.4. The van der Waals surface area contributed by atoms with Crippen molar-refractivity contribution in [2.45, 2.75) is 33.2 Å². The van der Waals surface area contributed by atoms with Crippen LogP contribution >= 0.6 is 0 Å². The summed E-state index contributed by atoms with van der Waals surface area (Å²) in [5, 5.41) is 9.22. The van der Waals surface area contributed by atoms with E-state index in [-0.39, 0.29) is 0 Å². The minimum atomic E-state index is 0.296. The first-order valence-electron chi connectivity index (χ1n) is 7.98. The molecule has 4 heteroatoms. The van der Waals surface area contributed by atoms with E-state index in [1.807, 2.05) is 13.0 Å². The van der Waals surface area contributed by atoms with Gasteiger partial charge in [-0.25, -0.2) is 0 Å². The molecule has 1 heterocycles. The molecule has 1 fully saturated rings. The Balaban J connectivity index is 2.01. The van der Waals surface area contributed by atoms with Crippen molar-refractivity contribution in [2.75, 3.05) is 32.9 Å². The van der Waals surface area contributed by atoms with E-state index in [9.17, 15) is 5.11 Å². The molecule has 1 N–H and O–H groups in total. The first-order valence-corrected chi connectivity index (χ1v) is 7.98. The lowest BCUT2D eigenvalue weighted by Crippen LogP contribution is -2.21. The fourth-order valence-electron chi connectivity index (χ4n) is 2.71. The zero-order valence-electron chi connectivity index (χ0n) is 13.2. The van der Waals surface area contributed by atoms with Crippen LogP contribution in [0.3, 0.4) is 0 Å². The van der Waals surface area contributed by atoms with Gasteiger partial charge in [0.1, 0.15) is 0 Å². The Morgan fingerprint density at radius 1 is 1.24 bits per heavy atom. The SMILES string of the molecule is CCCOc1ccc(CN2CCC(CO)C2)cc1OCC. The molecule has 2 rings (SSSR count). The van der Waals surface area contributed by atoms with Crippen LogP contribution < -0.4 is 9.47 Å². The summed E-state index contributed by atoms with van der Waals surface area (Å²) in [6.45, 7) is 8.68. The largest absolute Gasteiger partial charge is 0.490 e. The lowest BCUT2D eigenvalue weighted by atomic mass is 10.1. The van der Waals surface area contributed by atoms with Gasteiger partial charge in [0.15, 0.2) is 11.5 Å². The van der Waals surface area contributed by atoms with Crippen molar-refractivity contribution in [3.05, 3.63) is 23.8 Å². The second kappa shape index (κ2) is 8.25. The minimum absolute atomic E-state index is 0.296. The van der Waals surface area contributed by atoms with Gasteiger partial charge in [0.2, 0.25) is 0 Å². The van der Waals surface area contributed by atoms with Crippen molar-refractivity contribution in [1.29, 1.82) is 0 Å². The fraction of sp³-hybridized carbons (Fsp3) is 0.647. The van der Waals surface area contributed by atoms with Gasteiger partial charge in [-0.3, -0.25) is 4.90 Å². The van der Waals surface area contributed by atoms with Crippen LogP contribution in [0.4, 0.5) is 0 Å². The van der Waals surface area contributed by atoms with E-state index in [2.05, 4.69) is 24.0 Å². The maximum Gasteiger partial charge on any atom is 0.161 e. The molecule has 0 bridgehead atoms. The van der Waals surface area contributed by atoms with Crippen molar-refractivity contribution in [2.24, 2.45) is 5.92 Å². The van der Waals surface area contributed by atoms with Crippen molar-refractivity contribution in [3.8, 4) is 11.5 Å². The van der Waals surface area contributed by atoms with Crippen LogP contribution in [-0.4, -0.2) is 42.9 Å². The standard InChI is InChI=1S/C17H27NO3/c1-3-9-21-16-6-5-14(10-17(16)20-4-2)11-18-8-7-15(12-18)13-19/h5-6,10,15,19H,3-4,7-9,11-13H2,1-2H3. The molecule has 0 aliphatic carbocycles. The van der Waals surface area contributed by atoms with Crippen LogP contribution in [0.15, 0.2) is 18.2 Å². The third kappa shape index (κ3) is 4.61. The summed E-state index contributed by atoms with van der Waals surface area (Å²) in [4.78, 5) is 2.39. The maximum atomic E-state index is 9.22. The first kappa shape index (κ1) is 16.1. The van der Waals surface area contributed by atoms with E-state index in [1.54, 1.807) is 0 Å². The van der Waals surface area contributed by atoms with Gasteiger partial charge in [-0.1, -0.05) is 13.0 Å². The van der Waals surface area contributed by atoms with Gasteiger partial charge in [-0.05, 0) is 49.9 Å². The monoisotopic (exact) mass is 293 g/mol. The Hall–Kier alpha value is -1.26. The molecule has 1 unspecified atom stereocenters. The smallest absolute Gasteiger partial charge is 0.161 e. The summed E-state index contributed by atoms with van der Waals surface area (Å²) in [5.41, 5.74) is 1.24. The molecule has 0 radical (unpaired) electrons. The highest BCUT2D eigenvalue weighted by Gasteiger charge is 2.21. The molecule has 1 aromatic carbocycles. The number of ether oxygens (including phenoxy) is 2. The molecular weight excluding hydrogens is 266 g/mol. The number of hydrogen-bond acceptors (Lipinski definition) is 4. The molecule has 0 spiro atoms. The van der Waals surface area contributed by atoms with E-state index in [4.69, 9.17) is 9.47 Å².